The molecular weight excluding hydrogens is 232 g/mol. The molecule has 17 heavy (non-hydrogen) atoms. The number of benzene rings is 1. The molecule has 0 bridgehead atoms. The highest BCUT2D eigenvalue weighted by molar-refractivity contribution is 5.35. The molecule has 0 radical (unpaired) electrons. The molecule has 0 fully saturated rings. The van der Waals surface area contributed by atoms with Crippen LogP contribution >= 0.6 is 0 Å². The lowest BCUT2D eigenvalue weighted by molar-refractivity contribution is 0.391. The van der Waals surface area contributed by atoms with E-state index >= 15 is 0 Å². The Hall–Kier alpha value is -1.06. The van der Waals surface area contributed by atoms with Gasteiger partial charge in [0.05, 0.1) is 0 Å². The predicted octanol–water partition coefficient (Wildman–Crippen LogP) is 4.66. The molecule has 0 unspecified atom stereocenters. The molecule has 0 aliphatic carbocycles. The Morgan fingerprint density at radius 2 is 1.12 bits per heavy atom. The van der Waals surface area contributed by atoms with Crippen molar-refractivity contribution in [2.75, 3.05) is 0 Å². The molecule has 96 valence electrons. The van der Waals surface area contributed by atoms with Gasteiger partial charge in [-0.2, -0.15) is 0 Å². The minimum Gasteiger partial charge on any atom is -0.203 e. The molecular formula is C13H16F4. The van der Waals surface area contributed by atoms with Gasteiger partial charge in [0, 0.05) is 11.1 Å². The summed E-state index contributed by atoms with van der Waals surface area (Å²) >= 11 is 0. The van der Waals surface area contributed by atoms with E-state index in [4.69, 9.17) is 0 Å². The minimum absolute atomic E-state index is 0.534. The van der Waals surface area contributed by atoms with E-state index < -0.39 is 45.7 Å². The topological polar surface area (TPSA) is 0 Å². The molecule has 0 aliphatic rings. The molecule has 0 saturated carbocycles. The average Bonchev–Trinajstić information content (AvgIpc) is 2.12. The van der Waals surface area contributed by atoms with Crippen molar-refractivity contribution in [3.05, 3.63) is 34.4 Å². The van der Waals surface area contributed by atoms with Crippen molar-refractivity contribution < 1.29 is 17.6 Å². The van der Waals surface area contributed by atoms with Crippen LogP contribution in [-0.2, 0) is 5.41 Å². The molecule has 1 aromatic carbocycles. The van der Waals surface area contributed by atoms with Crippen molar-refractivity contribution in [1.82, 2.24) is 0 Å². The molecule has 0 amide bonds. The summed E-state index contributed by atoms with van der Waals surface area (Å²) in [4.78, 5) is 0. The Balaban J connectivity index is 3.71. The van der Waals surface area contributed by atoms with Crippen molar-refractivity contribution in [2.45, 2.75) is 46.0 Å². The molecule has 0 saturated heterocycles. The molecule has 1 aromatic rings. The van der Waals surface area contributed by atoms with Crippen LogP contribution in [0.25, 0.3) is 0 Å². The highest BCUT2D eigenvalue weighted by atomic mass is 19.2. The van der Waals surface area contributed by atoms with Gasteiger partial charge in [-0.25, -0.2) is 17.6 Å². The summed E-state index contributed by atoms with van der Waals surface area (Å²) in [6.45, 7) is 7.47. The van der Waals surface area contributed by atoms with Crippen LogP contribution in [0.1, 0.15) is 51.7 Å². The van der Waals surface area contributed by atoms with Crippen LogP contribution in [0.3, 0.4) is 0 Å². The van der Waals surface area contributed by atoms with Gasteiger partial charge in [0.25, 0.3) is 0 Å². The average molecular weight is 248 g/mol. The first-order chi connectivity index (χ1) is 7.59. The van der Waals surface area contributed by atoms with E-state index in [1.807, 2.05) is 0 Å². The van der Waals surface area contributed by atoms with E-state index in [9.17, 15) is 17.6 Å². The van der Waals surface area contributed by atoms with Gasteiger partial charge < -0.3 is 0 Å². The first kappa shape index (κ1) is 14.0. The van der Waals surface area contributed by atoms with Gasteiger partial charge in [0.2, 0.25) is 0 Å². The zero-order chi connectivity index (χ0) is 13.5. The number of rotatable bonds is 1. The lowest BCUT2D eigenvalue weighted by Crippen LogP contribution is -2.20. The summed E-state index contributed by atoms with van der Waals surface area (Å²) < 4.78 is 55.0. The highest BCUT2D eigenvalue weighted by Crippen LogP contribution is 2.35. The number of hydrogen-bond donors (Lipinski definition) is 0. The maximum absolute atomic E-state index is 13.8. The number of halogens is 4. The lowest BCUT2D eigenvalue weighted by Gasteiger charge is -2.23. The van der Waals surface area contributed by atoms with Gasteiger partial charge >= 0.3 is 0 Å². The van der Waals surface area contributed by atoms with Crippen LogP contribution < -0.4 is 0 Å². The van der Waals surface area contributed by atoms with Gasteiger partial charge in [0.1, 0.15) is 0 Å². The zero-order valence-electron chi connectivity index (χ0n) is 10.6. The standard InChI is InChI=1S/C13H16F4/c1-6(2)7-9(14)11(16)8(13(3,4)5)12(17)10(7)15/h6H,1-5H3. The molecule has 0 N–H and O–H groups in total. The van der Waals surface area contributed by atoms with Crippen LogP contribution in [0.4, 0.5) is 17.6 Å². The summed E-state index contributed by atoms with van der Waals surface area (Å²) in [5.41, 5.74) is -2.07. The summed E-state index contributed by atoms with van der Waals surface area (Å²) in [5, 5.41) is 0. The molecule has 0 nitrogen and oxygen atoms in total. The van der Waals surface area contributed by atoms with Crippen LogP contribution in [-0.4, -0.2) is 0 Å². The van der Waals surface area contributed by atoms with Crippen LogP contribution in [0.15, 0.2) is 0 Å². The Morgan fingerprint density at radius 1 is 0.765 bits per heavy atom. The van der Waals surface area contributed by atoms with Crippen LogP contribution in [0, 0.1) is 23.3 Å². The van der Waals surface area contributed by atoms with E-state index in [0.717, 1.165) is 0 Å². The summed E-state index contributed by atoms with van der Waals surface area (Å²) in [6, 6.07) is 0. The summed E-state index contributed by atoms with van der Waals surface area (Å²) in [7, 11) is 0. The van der Waals surface area contributed by atoms with Crippen molar-refractivity contribution in [1.29, 1.82) is 0 Å². The first-order valence-electron chi connectivity index (χ1n) is 5.45. The summed E-state index contributed by atoms with van der Waals surface area (Å²) in [6.07, 6.45) is 0. The molecule has 0 aliphatic heterocycles. The van der Waals surface area contributed by atoms with E-state index in [0.29, 0.717) is 0 Å². The Labute approximate surface area is 98.6 Å². The Bertz CT molecular complexity index is 413. The third-order valence-corrected chi connectivity index (χ3v) is 2.62. The second kappa shape index (κ2) is 4.31. The monoisotopic (exact) mass is 248 g/mol. The molecule has 1 rings (SSSR count). The second-order valence-corrected chi connectivity index (χ2v) is 5.45. The molecule has 0 spiro atoms. The Morgan fingerprint density at radius 3 is 1.35 bits per heavy atom. The fourth-order valence-electron chi connectivity index (χ4n) is 1.81. The highest BCUT2D eigenvalue weighted by Gasteiger charge is 2.32. The van der Waals surface area contributed by atoms with Crippen molar-refractivity contribution >= 4 is 0 Å². The smallest absolute Gasteiger partial charge is 0.165 e. The van der Waals surface area contributed by atoms with Crippen LogP contribution in [0.5, 0.6) is 0 Å². The largest absolute Gasteiger partial charge is 0.203 e. The molecule has 0 aromatic heterocycles. The van der Waals surface area contributed by atoms with Crippen molar-refractivity contribution in [3.8, 4) is 0 Å². The van der Waals surface area contributed by atoms with E-state index in [1.165, 1.54) is 34.6 Å². The van der Waals surface area contributed by atoms with Gasteiger partial charge in [-0.05, 0) is 11.3 Å². The number of hydrogen-bond acceptors (Lipinski definition) is 0. The van der Waals surface area contributed by atoms with Gasteiger partial charge in [-0.1, -0.05) is 34.6 Å². The normalized spacial score (nSPS) is 12.4. The quantitative estimate of drug-likeness (QED) is 0.500. The van der Waals surface area contributed by atoms with Crippen LogP contribution in [0.2, 0.25) is 0 Å². The lowest BCUT2D eigenvalue weighted by atomic mass is 9.84. The molecule has 0 heterocycles. The van der Waals surface area contributed by atoms with Gasteiger partial charge in [-0.3, -0.25) is 0 Å². The molecule has 0 atom stereocenters. The fourth-order valence-corrected chi connectivity index (χ4v) is 1.81. The van der Waals surface area contributed by atoms with Gasteiger partial charge in [0.15, 0.2) is 23.3 Å². The maximum atomic E-state index is 13.8. The third kappa shape index (κ3) is 2.31. The zero-order valence-corrected chi connectivity index (χ0v) is 10.6. The second-order valence-electron chi connectivity index (χ2n) is 5.45. The van der Waals surface area contributed by atoms with Crippen molar-refractivity contribution in [2.24, 2.45) is 0 Å². The van der Waals surface area contributed by atoms with Gasteiger partial charge in [-0.15, -0.1) is 0 Å². The van der Waals surface area contributed by atoms with E-state index in [1.54, 1.807) is 0 Å². The summed E-state index contributed by atoms with van der Waals surface area (Å²) in [5.74, 6) is -5.78. The van der Waals surface area contributed by atoms with Crippen molar-refractivity contribution in [3.63, 3.8) is 0 Å². The fraction of sp³-hybridized carbons (Fsp3) is 0.538. The maximum Gasteiger partial charge on any atom is 0.165 e. The SMILES string of the molecule is CC(C)c1c(F)c(F)c(C(C)(C)C)c(F)c1F. The Kier molecular flexibility index (Phi) is 3.55. The third-order valence-electron chi connectivity index (χ3n) is 2.62. The van der Waals surface area contributed by atoms with E-state index in [-0.39, 0.29) is 0 Å². The first-order valence-corrected chi connectivity index (χ1v) is 5.45. The van der Waals surface area contributed by atoms with E-state index in [2.05, 4.69) is 0 Å². The minimum atomic E-state index is -1.29. The molecule has 4 heteroatoms. The predicted molar refractivity (Wildman–Crippen MR) is 59.1 cm³/mol.